The van der Waals surface area contributed by atoms with E-state index in [9.17, 15) is 39.6 Å². The molecule has 0 unspecified atom stereocenters. The Labute approximate surface area is 258 Å². The van der Waals surface area contributed by atoms with E-state index in [0.29, 0.717) is 12.0 Å². The second-order valence-electron chi connectivity index (χ2n) is 13.0. The first-order valence-electron chi connectivity index (χ1n) is 15.3. The van der Waals surface area contributed by atoms with Gasteiger partial charge in [0.05, 0.1) is 5.60 Å². The van der Waals surface area contributed by atoms with Crippen molar-refractivity contribution in [2.75, 3.05) is 0 Å². The first-order valence-corrected chi connectivity index (χ1v) is 15.3. The van der Waals surface area contributed by atoms with E-state index in [4.69, 9.17) is 18.9 Å². The van der Waals surface area contributed by atoms with Gasteiger partial charge in [-0.1, -0.05) is 51.7 Å². The second kappa shape index (κ2) is 13.3. The molecule has 3 aliphatic rings. The summed E-state index contributed by atoms with van der Waals surface area (Å²) in [7, 11) is 0. The summed E-state index contributed by atoms with van der Waals surface area (Å²) >= 11 is 0. The van der Waals surface area contributed by atoms with Crippen molar-refractivity contribution in [3.05, 3.63) is 23.8 Å². The predicted molar refractivity (Wildman–Crippen MR) is 156 cm³/mol. The lowest BCUT2D eigenvalue weighted by Crippen LogP contribution is -2.73. The van der Waals surface area contributed by atoms with Crippen molar-refractivity contribution >= 4 is 23.9 Å². The minimum Gasteiger partial charge on any atom is -0.461 e. The first-order chi connectivity index (χ1) is 20.3. The molecule has 2 aliphatic carbocycles. The van der Waals surface area contributed by atoms with E-state index in [1.807, 2.05) is 0 Å². The summed E-state index contributed by atoms with van der Waals surface area (Å²) in [6, 6.07) is 0. The van der Waals surface area contributed by atoms with Crippen molar-refractivity contribution in [1.29, 1.82) is 0 Å². The highest BCUT2D eigenvalue weighted by atomic mass is 16.6. The van der Waals surface area contributed by atoms with E-state index in [0.717, 1.165) is 39.5 Å². The molecule has 0 saturated carbocycles. The molecule has 0 aromatic heterocycles. The van der Waals surface area contributed by atoms with Crippen LogP contribution in [0.3, 0.4) is 0 Å². The Morgan fingerprint density at radius 3 is 2.18 bits per heavy atom. The molecule has 1 heterocycles. The third kappa shape index (κ3) is 6.59. The van der Waals surface area contributed by atoms with Gasteiger partial charge in [-0.25, -0.2) is 4.79 Å². The van der Waals surface area contributed by atoms with E-state index >= 15 is 0 Å². The number of carbonyl (C=O) groups is 4. The number of rotatable bonds is 9. The predicted octanol–water partition coefficient (Wildman–Crippen LogP) is 2.18. The normalized spacial score (nSPS) is 41.3. The van der Waals surface area contributed by atoms with Crippen molar-refractivity contribution in [3.63, 3.8) is 0 Å². The Morgan fingerprint density at radius 2 is 1.59 bits per heavy atom. The fourth-order valence-corrected chi connectivity index (χ4v) is 6.89. The molecule has 0 aromatic carbocycles. The summed E-state index contributed by atoms with van der Waals surface area (Å²) in [6.07, 6.45) is 1.27. The summed E-state index contributed by atoms with van der Waals surface area (Å²) in [5, 5.41) is 46.7. The van der Waals surface area contributed by atoms with Crippen LogP contribution in [0.4, 0.5) is 0 Å². The van der Waals surface area contributed by atoms with Crippen LogP contribution in [0, 0.1) is 11.3 Å². The zero-order valence-corrected chi connectivity index (χ0v) is 26.7. The molecule has 1 fully saturated rings. The Bertz CT molecular complexity index is 1170. The molecule has 10 atom stereocenters. The van der Waals surface area contributed by atoms with E-state index in [-0.39, 0.29) is 12.8 Å². The molecular weight excluding hydrogens is 576 g/mol. The van der Waals surface area contributed by atoms with Crippen LogP contribution in [-0.2, 0) is 38.1 Å². The van der Waals surface area contributed by atoms with Crippen LogP contribution >= 0.6 is 0 Å². The average Bonchev–Trinajstić information content (AvgIpc) is 3.08. The van der Waals surface area contributed by atoms with E-state index in [1.54, 1.807) is 13.8 Å². The van der Waals surface area contributed by atoms with Crippen molar-refractivity contribution in [3.8, 4) is 0 Å². The molecule has 44 heavy (non-hydrogen) atoms. The highest BCUT2D eigenvalue weighted by molar-refractivity contribution is 5.84. The minimum atomic E-state index is -2.73. The molecule has 12 nitrogen and oxygen atoms in total. The summed E-state index contributed by atoms with van der Waals surface area (Å²) < 4.78 is 22.8. The molecule has 0 bridgehead atoms. The summed E-state index contributed by atoms with van der Waals surface area (Å²) in [4.78, 5) is 51.1. The maximum absolute atomic E-state index is 13.0. The molecule has 0 radical (unpaired) electrons. The van der Waals surface area contributed by atoms with Crippen molar-refractivity contribution < 1.29 is 58.6 Å². The highest BCUT2D eigenvalue weighted by Crippen LogP contribution is 2.55. The molecule has 1 aliphatic heterocycles. The number of esters is 4. The van der Waals surface area contributed by atoms with Gasteiger partial charge in [-0.3, -0.25) is 14.4 Å². The third-order valence-electron chi connectivity index (χ3n) is 9.52. The minimum absolute atomic E-state index is 0.130. The van der Waals surface area contributed by atoms with Gasteiger partial charge in [0.1, 0.15) is 24.4 Å². The van der Waals surface area contributed by atoms with Crippen LogP contribution in [0.5, 0.6) is 0 Å². The van der Waals surface area contributed by atoms with Gasteiger partial charge < -0.3 is 39.4 Å². The van der Waals surface area contributed by atoms with E-state index in [1.165, 1.54) is 32.1 Å². The van der Waals surface area contributed by atoms with Crippen LogP contribution in [0.25, 0.3) is 0 Å². The smallest absolute Gasteiger partial charge is 0.341 e. The van der Waals surface area contributed by atoms with Crippen LogP contribution in [-0.4, -0.2) is 91.6 Å². The molecule has 0 aromatic rings. The topological polar surface area (TPSA) is 186 Å². The Balaban J connectivity index is 2.26. The van der Waals surface area contributed by atoms with E-state index in [2.05, 4.69) is 6.92 Å². The molecule has 12 heteroatoms. The molecule has 248 valence electrons. The number of hydrogen-bond donors (Lipinski definition) is 4. The van der Waals surface area contributed by atoms with Gasteiger partial charge in [-0.2, -0.15) is 0 Å². The fraction of sp³-hybridized carbons (Fsp3) is 0.750. The number of aliphatic hydroxyl groups excluding tert-OH is 1. The summed E-state index contributed by atoms with van der Waals surface area (Å²) in [6.45, 7) is 9.71. The molecule has 0 amide bonds. The van der Waals surface area contributed by atoms with Crippen LogP contribution < -0.4 is 0 Å². The monoisotopic (exact) mass is 624 g/mol. The lowest BCUT2D eigenvalue weighted by atomic mass is 9.54. The first kappa shape index (κ1) is 35.7. The molecule has 4 N–H and O–H groups in total. The molecule has 3 rings (SSSR count). The number of ether oxygens (including phenoxy) is 4. The maximum Gasteiger partial charge on any atom is 0.341 e. The highest BCUT2D eigenvalue weighted by Gasteiger charge is 2.74. The maximum atomic E-state index is 13.0. The Kier molecular flexibility index (Phi) is 10.8. The van der Waals surface area contributed by atoms with E-state index < -0.39 is 82.5 Å². The quantitative estimate of drug-likeness (QED) is 0.127. The Morgan fingerprint density at radius 1 is 0.977 bits per heavy atom. The average molecular weight is 625 g/mol. The zero-order valence-electron chi connectivity index (χ0n) is 26.7. The second-order valence-corrected chi connectivity index (χ2v) is 13.0. The summed E-state index contributed by atoms with van der Waals surface area (Å²) in [5.41, 5.74) is -8.83. The lowest BCUT2D eigenvalue weighted by molar-refractivity contribution is -0.258. The third-order valence-corrected chi connectivity index (χ3v) is 9.52. The molecule has 0 spiro atoms. The van der Waals surface area contributed by atoms with Crippen LogP contribution in [0.1, 0.15) is 93.4 Å². The number of hydrogen-bond acceptors (Lipinski definition) is 12. The van der Waals surface area contributed by atoms with Crippen LogP contribution in [0.15, 0.2) is 23.8 Å². The van der Waals surface area contributed by atoms with Gasteiger partial charge in [-0.15, -0.1) is 0 Å². The number of unbranched alkanes of at least 4 members (excludes halogenated alkanes) is 4. The van der Waals surface area contributed by atoms with Crippen LogP contribution in [0.2, 0.25) is 0 Å². The SMILES string of the molecule is CCCCCCCC(=O)O[C@@H]1C[C@H](OC(C)=O)[C@@]2(C)C=C[C@@H](O)[C@@](C)(O)[C@@H]2[C@@H](OC(C)=O)[C@@]2(O)[C@H](/C=C\1C)OC(=O)[C@@]2(C)O. The van der Waals surface area contributed by atoms with Gasteiger partial charge in [0.25, 0.3) is 0 Å². The number of carbonyl (C=O) groups excluding carboxylic acids is 4. The lowest BCUT2D eigenvalue weighted by Gasteiger charge is -2.57. The van der Waals surface area contributed by atoms with Gasteiger partial charge in [0.2, 0.25) is 0 Å². The fourth-order valence-electron chi connectivity index (χ4n) is 6.89. The standard InChI is InChI=1S/C32H48O12/c1-8-9-10-11-12-13-25(36)43-21-17-23(41-19(3)33)29(5)15-14-22(35)30(6,38)26(29)27(42-20(4)34)32(40)24(16-18(21)2)44-28(37)31(32,7)39/h14-16,21-24,26-27,35,38-40H,8-13,17H2,1-7H3/b18-16-/t21-,22-,23+,24+,26-,27-,29-,30-,31-,32+/m1/s1. The zero-order chi connectivity index (χ0) is 33.3. The van der Waals surface area contributed by atoms with Gasteiger partial charge in [0, 0.05) is 38.0 Å². The van der Waals surface area contributed by atoms with Gasteiger partial charge in [-0.05, 0) is 38.8 Å². The van der Waals surface area contributed by atoms with Crippen molar-refractivity contribution in [2.24, 2.45) is 11.3 Å². The Hall–Kier alpha value is -2.80. The van der Waals surface area contributed by atoms with Crippen molar-refractivity contribution in [1.82, 2.24) is 0 Å². The summed E-state index contributed by atoms with van der Waals surface area (Å²) in [5.74, 6) is -4.88. The molecule has 1 saturated heterocycles. The van der Waals surface area contributed by atoms with Gasteiger partial charge in [0.15, 0.2) is 17.3 Å². The largest absolute Gasteiger partial charge is 0.461 e. The number of aliphatic hydroxyl groups is 4. The van der Waals surface area contributed by atoms with Gasteiger partial charge >= 0.3 is 23.9 Å². The number of fused-ring (bicyclic) bond motifs is 2. The molecular formula is C32H48O12. The van der Waals surface area contributed by atoms with Crippen molar-refractivity contribution in [2.45, 2.75) is 141 Å².